The Balaban J connectivity index is 3.23. The highest BCUT2D eigenvalue weighted by Crippen LogP contribution is 2.24. The molecule has 0 saturated carbocycles. The molecule has 0 atom stereocenters. The summed E-state index contributed by atoms with van der Waals surface area (Å²) in [5.74, 6) is 5.13. The summed E-state index contributed by atoms with van der Waals surface area (Å²) in [7, 11) is 0. The molecule has 0 aromatic heterocycles. The van der Waals surface area contributed by atoms with Crippen LogP contribution >= 0.6 is 0 Å². The molecule has 0 fully saturated rings. The minimum atomic E-state index is 0.371. The van der Waals surface area contributed by atoms with Crippen molar-refractivity contribution in [2.45, 2.75) is 13.8 Å². The van der Waals surface area contributed by atoms with Crippen molar-refractivity contribution in [2.75, 3.05) is 0 Å². The fraction of sp³-hybridized carbons (Fsp3) is 0.222. The summed E-state index contributed by atoms with van der Waals surface area (Å²) >= 11 is 0. The number of aryl methyl sites for hydroxylation is 2. The van der Waals surface area contributed by atoms with Crippen molar-refractivity contribution in [1.82, 2.24) is 0 Å². The van der Waals surface area contributed by atoms with E-state index in [1.54, 1.807) is 6.07 Å². The highest BCUT2D eigenvalue weighted by atomic mass is 17.3. The predicted molar refractivity (Wildman–Crippen MR) is 46.5 cm³/mol. The fourth-order valence-electron chi connectivity index (χ4n) is 1.20. The number of nitrogens with zero attached hydrogens (tertiary/aromatic N) is 1. The number of rotatable bonds is 2. The van der Waals surface area contributed by atoms with Crippen molar-refractivity contribution in [2.24, 2.45) is 5.90 Å². The number of nitrogens with two attached hydrogens (primary N) is 1. The smallest absolute Gasteiger partial charge is 0.188 e. The molecule has 4 nitrogen and oxygen atoms in total. The largest absolute Gasteiger partial charge is 0.318 e. The standard InChI is InChI=1S/C9H10N2O2/c1-6-3-7(2)9(12-13-11)8(4-6)5-10/h3-4H,11H2,1-2H3. The van der Waals surface area contributed by atoms with Crippen LogP contribution in [0.2, 0.25) is 0 Å². The Kier molecular flexibility index (Phi) is 2.85. The first-order valence-corrected chi connectivity index (χ1v) is 3.73. The average molecular weight is 178 g/mol. The summed E-state index contributed by atoms with van der Waals surface area (Å²) in [5, 5.41) is 8.77. The molecule has 0 aliphatic heterocycles. The van der Waals surface area contributed by atoms with Crippen LogP contribution in [-0.2, 0) is 4.99 Å². The fourth-order valence-corrected chi connectivity index (χ4v) is 1.20. The van der Waals surface area contributed by atoms with E-state index in [-0.39, 0.29) is 0 Å². The molecule has 0 aliphatic carbocycles. The summed E-state index contributed by atoms with van der Waals surface area (Å²) in [6, 6.07) is 5.60. The Morgan fingerprint density at radius 1 is 1.38 bits per heavy atom. The minimum Gasteiger partial charge on any atom is -0.318 e. The van der Waals surface area contributed by atoms with Crippen LogP contribution < -0.4 is 10.8 Å². The van der Waals surface area contributed by atoms with E-state index in [9.17, 15) is 0 Å². The number of hydrogen-bond donors (Lipinski definition) is 1. The highest BCUT2D eigenvalue weighted by molar-refractivity contribution is 5.49. The first-order chi connectivity index (χ1) is 6.19. The molecule has 0 amide bonds. The van der Waals surface area contributed by atoms with Crippen LogP contribution in [0.5, 0.6) is 5.75 Å². The average Bonchev–Trinajstić information content (AvgIpc) is 2.09. The van der Waals surface area contributed by atoms with Crippen molar-refractivity contribution in [3.05, 3.63) is 28.8 Å². The van der Waals surface area contributed by atoms with E-state index in [4.69, 9.17) is 11.2 Å². The van der Waals surface area contributed by atoms with Gasteiger partial charge in [-0.2, -0.15) is 11.2 Å². The Labute approximate surface area is 76.4 Å². The van der Waals surface area contributed by atoms with Crippen molar-refractivity contribution in [1.29, 1.82) is 5.26 Å². The molecule has 0 heterocycles. The molecule has 0 saturated heterocycles. The quantitative estimate of drug-likeness (QED) is 0.548. The molecule has 1 rings (SSSR count). The molecule has 0 bridgehead atoms. The lowest BCUT2D eigenvalue weighted by molar-refractivity contribution is -0.212. The first kappa shape index (κ1) is 9.52. The Bertz CT molecular complexity index is 355. The van der Waals surface area contributed by atoms with Crippen LogP contribution in [-0.4, -0.2) is 0 Å². The molecule has 13 heavy (non-hydrogen) atoms. The van der Waals surface area contributed by atoms with Crippen LogP contribution in [0.1, 0.15) is 16.7 Å². The lowest BCUT2D eigenvalue weighted by atomic mass is 10.1. The molecule has 0 unspecified atom stereocenters. The molecule has 2 N–H and O–H groups in total. The summed E-state index contributed by atoms with van der Waals surface area (Å²) in [5.41, 5.74) is 2.24. The normalized spacial score (nSPS) is 9.38. The van der Waals surface area contributed by atoms with Crippen LogP contribution in [0, 0.1) is 25.2 Å². The van der Waals surface area contributed by atoms with Gasteiger partial charge in [0.1, 0.15) is 6.07 Å². The third kappa shape index (κ3) is 1.96. The van der Waals surface area contributed by atoms with Crippen LogP contribution in [0.3, 0.4) is 0 Å². The third-order valence-corrected chi connectivity index (χ3v) is 1.67. The van der Waals surface area contributed by atoms with Gasteiger partial charge >= 0.3 is 0 Å². The molecule has 0 radical (unpaired) electrons. The zero-order valence-electron chi connectivity index (χ0n) is 7.50. The molecular weight excluding hydrogens is 168 g/mol. The van der Waals surface area contributed by atoms with Crippen LogP contribution in [0.4, 0.5) is 0 Å². The van der Waals surface area contributed by atoms with Gasteiger partial charge in [-0.05, 0) is 31.0 Å². The molecule has 4 heteroatoms. The van der Waals surface area contributed by atoms with Crippen LogP contribution in [0.15, 0.2) is 12.1 Å². The summed E-state index contributed by atoms with van der Waals surface area (Å²) in [6.45, 7) is 3.73. The van der Waals surface area contributed by atoms with Gasteiger partial charge in [0.25, 0.3) is 0 Å². The molecule has 0 spiro atoms. The first-order valence-electron chi connectivity index (χ1n) is 3.73. The zero-order chi connectivity index (χ0) is 9.84. The minimum absolute atomic E-state index is 0.371. The second kappa shape index (κ2) is 3.90. The number of benzene rings is 1. The zero-order valence-corrected chi connectivity index (χ0v) is 7.50. The van der Waals surface area contributed by atoms with E-state index < -0.39 is 0 Å². The highest BCUT2D eigenvalue weighted by Gasteiger charge is 2.08. The maximum Gasteiger partial charge on any atom is 0.188 e. The second-order valence-corrected chi connectivity index (χ2v) is 2.75. The van der Waals surface area contributed by atoms with Crippen molar-refractivity contribution < 1.29 is 9.88 Å². The van der Waals surface area contributed by atoms with Crippen molar-refractivity contribution in [3.63, 3.8) is 0 Å². The maximum absolute atomic E-state index is 8.77. The van der Waals surface area contributed by atoms with E-state index in [1.807, 2.05) is 26.0 Å². The molecule has 1 aromatic carbocycles. The van der Waals surface area contributed by atoms with E-state index in [1.165, 1.54) is 0 Å². The van der Waals surface area contributed by atoms with Gasteiger partial charge in [-0.25, -0.2) is 0 Å². The van der Waals surface area contributed by atoms with E-state index >= 15 is 0 Å². The lowest BCUT2D eigenvalue weighted by Gasteiger charge is -2.06. The Morgan fingerprint density at radius 3 is 2.62 bits per heavy atom. The van der Waals surface area contributed by atoms with Gasteiger partial charge in [-0.3, -0.25) is 0 Å². The lowest BCUT2D eigenvalue weighted by Crippen LogP contribution is -2.06. The molecular formula is C9H10N2O2. The Morgan fingerprint density at radius 2 is 2.08 bits per heavy atom. The predicted octanol–water partition coefficient (Wildman–Crippen LogP) is 1.36. The van der Waals surface area contributed by atoms with Gasteiger partial charge in [0.15, 0.2) is 5.75 Å². The second-order valence-electron chi connectivity index (χ2n) is 2.75. The molecule has 0 aliphatic rings. The third-order valence-electron chi connectivity index (χ3n) is 1.67. The maximum atomic E-state index is 8.77. The monoisotopic (exact) mass is 178 g/mol. The van der Waals surface area contributed by atoms with Crippen molar-refractivity contribution in [3.8, 4) is 11.8 Å². The van der Waals surface area contributed by atoms with Gasteiger partial charge < -0.3 is 4.89 Å². The van der Waals surface area contributed by atoms with E-state index in [0.29, 0.717) is 11.3 Å². The summed E-state index contributed by atoms with van der Waals surface area (Å²) in [4.78, 5) is 8.71. The van der Waals surface area contributed by atoms with Gasteiger partial charge in [0.05, 0.1) is 5.56 Å². The number of nitriles is 1. The van der Waals surface area contributed by atoms with Gasteiger partial charge in [0.2, 0.25) is 0 Å². The number of hydrogen-bond acceptors (Lipinski definition) is 4. The van der Waals surface area contributed by atoms with Gasteiger partial charge in [-0.1, -0.05) is 11.1 Å². The van der Waals surface area contributed by atoms with E-state index in [0.717, 1.165) is 11.1 Å². The van der Waals surface area contributed by atoms with Gasteiger partial charge in [0, 0.05) is 0 Å². The topological polar surface area (TPSA) is 68.3 Å². The van der Waals surface area contributed by atoms with Crippen molar-refractivity contribution >= 4 is 0 Å². The summed E-state index contributed by atoms with van der Waals surface area (Å²) in [6.07, 6.45) is 0. The summed E-state index contributed by atoms with van der Waals surface area (Å²) < 4.78 is 0. The molecule has 68 valence electrons. The Hall–Kier alpha value is -1.57. The van der Waals surface area contributed by atoms with E-state index in [2.05, 4.69) is 9.88 Å². The SMILES string of the molecule is Cc1cc(C)c(OON)c(C#N)c1. The molecule has 1 aromatic rings. The van der Waals surface area contributed by atoms with Gasteiger partial charge in [-0.15, -0.1) is 0 Å². The van der Waals surface area contributed by atoms with Crippen LogP contribution in [0.25, 0.3) is 0 Å².